The third kappa shape index (κ3) is 1.98. The average molecular weight is 166 g/mol. The van der Waals surface area contributed by atoms with Crippen LogP contribution in [0.15, 0.2) is 22.8 Å². The molecular weight excluding hydrogens is 148 g/mol. The Morgan fingerprint density at radius 2 is 2.17 bits per heavy atom. The molecule has 0 aliphatic heterocycles. The molecule has 1 heteroatoms. The van der Waals surface area contributed by atoms with E-state index in [1.807, 2.05) is 13.0 Å². The predicted octanol–water partition coefficient (Wildman–Crippen LogP) is 2.81. The van der Waals surface area contributed by atoms with Crippen LogP contribution in [-0.4, -0.2) is 11.2 Å². The van der Waals surface area contributed by atoms with Gasteiger partial charge in [0.2, 0.25) is 0 Å². The number of hydrogen-bond acceptors (Lipinski definition) is 1. The summed E-state index contributed by atoms with van der Waals surface area (Å²) in [5.74, 6) is 0. The molecule has 1 N–H and O–H groups in total. The van der Waals surface area contributed by atoms with E-state index in [9.17, 15) is 5.11 Å². The Bertz CT molecular complexity index is 219. The van der Waals surface area contributed by atoms with Gasteiger partial charge in [0.15, 0.2) is 0 Å². The van der Waals surface area contributed by atoms with Gasteiger partial charge in [0.05, 0.1) is 6.10 Å². The summed E-state index contributed by atoms with van der Waals surface area (Å²) in [6.45, 7) is 6.31. The van der Waals surface area contributed by atoms with Crippen LogP contribution in [0.1, 0.15) is 40.0 Å². The Kier molecular flexibility index (Phi) is 3.10. The van der Waals surface area contributed by atoms with E-state index in [1.165, 1.54) is 16.7 Å². The lowest BCUT2D eigenvalue weighted by atomic mass is 9.86. The normalized spacial score (nSPS) is 27.8. The largest absolute Gasteiger partial charge is 0.389 e. The summed E-state index contributed by atoms with van der Waals surface area (Å²) < 4.78 is 0. The molecule has 0 heterocycles. The highest BCUT2D eigenvalue weighted by atomic mass is 16.3. The second-order valence-electron chi connectivity index (χ2n) is 3.70. The summed E-state index contributed by atoms with van der Waals surface area (Å²) in [6.07, 6.45) is 4.83. The van der Waals surface area contributed by atoms with Crippen molar-refractivity contribution in [1.29, 1.82) is 0 Å². The first-order valence-corrected chi connectivity index (χ1v) is 4.63. The summed E-state index contributed by atoms with van der Waals surface area (Å²) in [4.78, 5) is 0. The molecule has 1 saturated carbocycles. The SMILES string of the molecule is C/C=C1/CC(=C(C)C)CCC1O. The molecule has 0 aromatic carbocycles. The van der Waals surface area contributed by atoms with Crippen molar-refractivity contribution in [1.82, 2.24) is 0 Å². The molecule has 1 unspecified atom stereocenters. The van der Waals surface area contributed by atoms with Crippen molar-refractivity contribution < 1.29 is 5.11 Å². The molecule has 0 aromatic heterocycles. The van der Waals surface area contributed by atoms with Gasteiger partial charge in [0, 0.05) is 0 Å². The number of aliphatic hydroxyl groups is 1. The van der Waals surface area contributed by atoms with Gasteiger partial charge < -0.3 is 5.11 Å². The lowest BCUT2D eigenvalue weighted by Gasteiger charge is -2.24. The fourth-order valence-corrected chi connectivity index (χ4v) is 1.67. The quantitative estimate of drug-likeness (QED) is 0.549. The van der Waals surface area contributed by atoms with E-state index >= 15 is 0 Å². The molecule has 1 nitrogen and oxygen atoms in total. The summed E-state index contributed by atoms with van der Waals surface area (Å²) in [5, 5.41) is 9.58. The molecule has 0 amide bonds. The molecule has 0 bridgehead atoms. The Balaban J connectivity index is 2.76. The van der Waals surface area contributed by atoms with Gasteiger partial charge in [-0.15, -0.1) is 0 Å². The number of rotatable bonds is 0. The van der Waals surface area contributed by atoms with Gasteiger partial charge in [-0.2, -0.15) is 0 Å². The molecule has 0 saturated heterocycles. The van der Waals surface area contributed by atoms with E-state index in [0.717, 1.165) is 19.3 Å². The summed E-state index contributed by atoms with van der Waals surface area (Å²) >= 11 is 0. The molecule has 0 spiro atoms. The Morgan fingerprint density at radius 3 is 2.67 bits per heavy atom. The van der Waals surface area contributed by atoms with Crippen LogP contribution in [-0.2, 0) is 0 Å². The highest BCUT2D eigenvalue weighted by molar-refractivity contribution is 5.25. The van der Waals surface area contributed by atoms with E-state index in [4.69, 9.17) is 0 Å². The Labute approximate surface area is 74.8 Å². The lowest BCUT2D eigenvalue weighted by Crippen LogP contribution is -2.16. The van der Waals surface area contributed by atoms with Crippen LogP contribution in [0.3, 0.4) is 0 Å². The molecule has 68 valence electrons. The number of hydrogen-bond donors (Lipinski definition) is 1. The standard InChI is InChI=1S/C11H18O/c1-4-9-7-10(8(2)3)5-6-11(9)12/h4,11-12H,5-7H2,1-3H3/b9-4-. The van der Waals surface area contributed by atoms with E-state index in [1.54, 1.807) is 0 Å². The van der Waals surface area contributed by atoms with Gasteiger partial charge >= 0.3 is 0 Å². The van der Waals surface area contributed by atoms with Crippen molar-refractivity contribution >= 4 is 0 Å². The van der Waals surface area contributed by atoms with Crippen molar-refractivity contribution in [3.8, 4) is 0 Å². The minimum Gasteiger partial charge on any atom is -0.389 e. The van der Waals surface area contributed by atoms with Gasteiger partial charge in [0.25, 0.3) is 0 Å². The van der Waals surface area contributed by atoms with E-state index < -0.39 is 0 Å². The summed E-state index contributed by atoms with van der Waals surface area (Å²) in [5.41, 5.74) is 4.12. The third-order valence-electron chi connectivity index (χ3n) is 2.64. The number of aliphatic hydroxyl groups excluding tert-OH is 1. The fourth-order valence-electron chi connectivity index (χ4n) is 1.67. The summed E-state index contributed by atoms with van der Waals surface area (Å²) in [7, 11) is 0. The molecule has 0 radical (unpaired) electrons. The topological polar surface area (TPSA) is 20.2 Å². The van der Waals surface area contributed by atoms with Gasteiger partial charge in [-0.1, -0.05) is 17.2 Å². The smallest absolute Gasteiger partial charge is 0.0756 e. The zero-order valence-electron chi connectivity index (χ0n) is 8.22. The molecule has 1 aliphatic rings. The maximum absolute atomic E-state index is 9.58. The summed E-state index contributed by atoms with van der Waals surface area (Å²) in [6, 6.07) is 0. The molecule has 1 atom stereocenters. The van der Waals surface area contributed by atoms with E-state index in [-0.39, 0.29) is 6.10 Å². The molecule has 12 heavy (non-hydrogen) atoms. The van der Waals surface area contributed by atoms with Crippen LogP contribution >= 0.6 is 0 Å². The molecule has 1 rings (SSSR count). The van der Waals surface area contributed by atoms with Crippen molar-refractivity contribution in [2.45, 2.75) is 46.1 Å². The first kappa shape index (κ1) is 9.53. The zero-order chi connectivity index (χ0) is 9.14. The van der Waals surface area contributed by atoms with Crippen molar-refractivity contribution in [2.24, 2.45) is 0 Å². The molecular formula is C11H18O. The molecule has 1 aliphatic carbocycles. The minimum absolute atomic E-state index is 0.182. The van der Waals surface area contributed by atoms with Crippen molar-refractivity contribution in [3.05, 3.63) is 22.8 Å². The van der Waals surface area contributed by atoms with Crippen LogP contribution in [0, 0.1) is 0 Å². The highest BCUT2D eigenvalue weighted by Crippen LogP contribution is 2.29. The molecule has 0 aromatic rings. The first-order chi connectivity index (χ1) is 5.65. The van der Waals surface area contributed by atoms with Gasteiger partial charge in [-0.05, 0) is 45.6 Å². The van der Waals surface area contributed by atoms with Crippen LogP contribution in [0.4, 0.5) is 0 Å². The second-order valence-corrected chi connectivity index (χ2v) is 3.70. The van der Waals surface area contributed by atoms with E-state index in [0.29, 0.717) is 0 Å². The number of allylic oxidation sites excluding steroid dienone is 3. The van der Waals surface area contributed by atoms with Crippen molar-refractivity contribution in [2.75, 3.05) is 0 Å². The monoisotopic (exact) mass is 166 g/mol. The van der Waals surface area contributed by atoms with Crippen LogP contribution in [0.25, 0.3) is 0 Å². The van der Waals surface area contributed by atoms with Gasteiger partial charge in [-0.3, -0.25) is 0 Å². The van der Waals surface area contributed by atoms with Crippen LogP contribution in [0.5, 0.6) is 0 Å². The van der Waals surface area contributed by atoms with Crippen LogP contribution in [0.2, 0.25) is 0 Å². The minimum atomic E-state index is -0.182. The van der Waals surface area contributed by atoms with Gasteiger partial charge in [-0.25, -0.2) is 0 Å². The Morgan fingerprint density at radius 1 is 1.50 bits per heavy atom. The molecule has 1 fully saturated rings. The third-order valence-corrected chi connectivity index (χ3v) is 2.64. The van der Waals surface area contributed by atoms with Gasteiger partial charge in [0.1, 0.15) is 0 Å². The first-order valence-electron chi connectivity index (χ1n) is 4.63. The van der Waals surface area contributed by atoms with Crippen molar-refractivity contribution in [3.63, 3.8) is 0 Å². The maximum atomic E-state index is 9.58. The lowest BCUT2D eigenvalue weighted by molar-refractivity contribution is 0.189. The predicted molar refractivity (Wildman–Crippen MR) is 52.0 cm³/mol. The van der Waals surface area contributed by atoms with E-state index in [2.05, 4.69) is 13.8 Å². The zero-order valence-corrected chi connectivity index (χ0v) is 8.22. The average Bonchev–Trinajstić information content (AvgIpc) is 2.05. The highest BCUT2D eigenvalue weighted by Gasteiger charge is 2.18. The van der Waals surface area contributed by atoms with Crippen LogP contribution < -0.4 is 0 Å². The Hall–Kier alpha value is -0.560. The second kappa shape index (κ2) is 3.90. The maximum Gasteiger partial charge on any atom is 0.0756 e. The fraction of sp³-hybridized carbons (Fsp3) is 0.636.